The minimum absolute atomic E-state index is 0.0182. The third-order valence-corrected chi connectivity index (χ3v) is 3.85. The number of carbonyl (C=O) groups is 1. The van der Waals surface area contributed by atoms with E-state index in [4.69, 9.17) is 5.73 Å². The number of nitrogens with zero attached hydrogens (tertiary/aromatic N) is 1. The number of carbonyl (C=O) groups excluding carboxylic acids is 1. The second kappa shape index (κ2) is 6.05. The van der Waals surface area contributed by atoms with E-state index in [0.29, 0.717) is 11.4 Å². The Balaban J connectivity index is 1.77. The smallest absolute Gasteiger partial charge is 0.258 e. The highest BCUT2D eigenvalue weighted by Gasteiger charge is 2.16. The van der Waals surface area contributed by atoms with Crippen LogP contribution in [0.4, 0.5) is 21.5 Å². The first-order valence-corrected chi connectivity index (χ1v) is 7.35. The molecule has 3 N–H and O–H groups in total. The van der Waals surface area contributed by atoms with Crippen LogP contribution in [0.3, 0.4) is 0 Å². The monoisotopic (exact) mass is 299 g/mol. The molecule has 1 aliphatic heterocycles. The van der Waals surface area contributed by atoms with E-state index in [2.05, 4.69) is 10.2 Å². The summed E-state index contributed by atoms with van der Waals surface area (Å²) in [7, 11) is 0. The van der Waals surface area contributed by atoms with Gasteiger partial charge in [-0.15, -0.1) is 0 Å². The number of amides is 1. The second-order valence-electron chi connectivity index (χ2n) is 5.40. The van der Waals surface area contributed by atoms with Crippen LogP contribution in [0, 0.1) is 5.82 Å². The molecule has 0 spiro atoms. The zero-order valence-corrected chi connectivity index (χ0v) is 12.2. The molecule has 114 valence electrons. The molecule has 0 radical (unpaired) electrons. The van der Waals surface area contributed by atoms with Crippen molar-refractivity contribution in [3.63, 3.8) is 0 Å². The maximum Gasteiger partial charge on any atom is 0.258 e. The summed E-state index contributed by atoms with van der Waals surface area (Å²) in [5.74, 6) is -1.02. The first-order chi connectivity index (χ1) is 10.6. The lowest BCUT2D eigenvalue weighted by atomic mass is 10.2. The Bertz CT molecular complexity index is 696. The lowest BCUT2D eigenvalue weighted by molar-refractivity contribution is 0.102. The summed E-state index contributed by atoms with van der Waals surface area (Å²) in [6, 6.07) is 11.3. The summed E-state index contributed by atoms with van der Waals surface area (Å²) in [6.45, 7) is 2.01. The number of hydrogen-bond donors (Lipinski definition) is 2. The van der Waals surface area contributed by atoms with Gasteiger partial charge in [-0.05, 0) is 43.2 Å². The molecule has 2 aromatic rings. The third kappa shape index (κ3) is 2.88. The first-order valence-electron chi connectivity index (χ1n) is 7.35. The van der Waals surface area contributed by atoms with Crippen LogP contribution in [0.15, 0.2) is 42.5 Å². The van der Waals surface area contributed by atoms with E-state index in [1.54, 1.807) is 24.3 Å². The van der Waals surface area contributed by atoms with E-state index in [0.717, 1.165) is 18.8 Å². The van der Waals surface area contributed by atoms with Gasteiger partial charge in [-0.2, -0.15) is 0 Å². The first kappa shape index (κ1) is 14.4. The zero-order chi connectivity index (χ0) is 15.5. The molecule has 0 atom stereocenters. The van der Waals surface area contributed by atoms with Crippen molar-refractivity contribution in [3.8, 4) is 0 Å². The molecule has 0 aromatic heterocycles. The van der Waals surface area contributed by atoms with Gasteiger partial charge in [-0.1, -0.05) is 12.1 Å². The van der Waals surface area contributed by atoms with Crippen LogP contribution in [0.5, 0.6) is 0 Å². The number of hydrogen-bond acceptors (Lipinski definition) is 3. The highest BCUT2D eigenvalue weighted by molar-refractivity contribution is 6.04. The molecule has 1 saturated heterocycles. The van der Waals surface area contributed by atoms with Crippen LogP contribution in [0.1, 0.15) is 23.2 Å². The Labute approximate surface area is 128 Å². The minimum atomic E-state index is -0.540. The predicted molar refractivity (Wildman–Crippen MR) is 86.7 cm³/mol. The number of anilines is 3. The summed E-state index contributed by atoms with van der Waals surface area (Å²) in [5.41, 5.74) is 8.27. The highest BCUT2D eigenvalue weighted by Crippen LogP contribution is 2.29. The van der Waals surface area contributed by atoms with Gasteiger partial charge >= 0.3 is 0 Å². The predicted octanol–water partition coefficient (Wildman–Crippen LogP) is 3.26. The van der Waals surface area contributed by atoms with Crippen LogP contribution in [0.2, 0.25) is 0 Å². The van der Waals surface area contributed by atoms with Crippen molar-refractivity contribution in [1.82, 2.24) is 0 Å². The lowest BCUT2D eigenvalue weighted by Crippen LogP contribution is -2.19. The van der Waals surface area contributed by atoms with E-state index in [-0.39, 0.29) is 5.56 Å². The van der Waals surface area contributed by atoms with Gasteiger partial charge in [0.05, 0.1) is 16.9 Å². The molecular formula is C17H18FN3O. The average molecular weight is 299 g/mol. The van der Waals surface area contributed by atoms with Crippen molar-refractivity contribution in [1.29, 1.82) is 0 Å². The van der Waals surface area contributed by atoms with Crippen LogP contribution in [-0.4, -0.2) is 19.0 Å². The van der Waals surface area contributed by atoms with E-state index < -0.39 is 11.7 Å². The van der Waals surface area contributed by atoms with Gasteiger partial charge in [0.1, 0.15) is 5.82 Å². The Morgan fingerprint density at radius 1 is 1.14 bits per heavy atom. The lowest BCUT2D eigenvalue weighted by Gasteiger charge is -2.20. The minimum Gasteiger partial charge on any atom is -0.397 e. The Hall–Kier alpha value is -2.56. The highest BCUT2D eigenvalue weighted by atomic mass is 19.1. The quantitative estimate of drug-likeness (QED) is 0.855. The van der Waals surface area contributed by atoms with Crippen molar-refractivity contribution in [2.75, 3.05) is 29.0 Å². The number of benzene rings is 2. The van der Waals surface area contributed by atoms with Crippen molar-refractivity contribution < 1.29 is 9.18 Å². The van der Waals surface area contributed by atoms with E-state index >= 15 is 0 Å². The molecule has 4 nitrogen and oxygen atoms in total. The van der Waals surface area contributed by atoms with Gasteiger partial charge in [0.2, 0.25) is 0 Å². The fraction of sp³-hybridized carbons (Fsp3) is 0.235. The normalized spacial score (nSPS) is 14.1. The molecule has 1 fully saturated rings. The average Bonchev–Trinajstić information content (AvgIpc) is 3.01. The summed E-state index contributed by atoms with van der Waals surface area (Å²) in [6.07, 6.45) is 2.34. The van der Waals surface area contributed by atoms with Gasteiger partial charge < -0.3 is 16.0 Å². The van der Waals surface area contributed by atoms with Gasteiger partial charge in [0, 0.05) is 18.8 Å². The third-order valence-electron chi connectivity index (χ3n) is 3.85. The van der Waals surface area contributed by atoms with E-state index in [1.807, 2.05) is 6.07 Å². The number of nitrogens with one attached hydrogen (secondary N) is 1. The van der Waals surface area contributed by atoms with Crippen LogP contribution in [-0.2, 0) is 0 Å². The molecule has 0 unspecified atom stereocenters. The zero-order valence-electron chi connectivity index (χ0n) is 12.2. The molecule has 2 aromatic carbocycles. The van der Waals surface area contributed by atoms with Gasteiger partial charge in [0.25, 0.3) is 5.91 Å². The molecule has 22 heavy (non-hydrogen) atoms. The summed E-state index contributed by atoms with van der Waals surface area (Å²) in [4.78, 5) is 14.3. The molecule has 1 heterocycles. The topological polar surface area (TPSA) is 58.4 Å². The number of nitrogen functional groups attached to an aromatic ring is 1. The van der Waals surface area contributed by atoms with E-state index in [1.165, 1.54) is 25.0 Å². The summed E-state index contributed by atoms with van der Waals surface area (Å²) in [5, 5.41) is 2.68. The summed E-state index contributed by atoms with van der Waals surface area (Å²) < 4.78 is 13.6. The number of halogens is 1. The molecule has 5 heteroatoms. The van der Waals surface area contributed by atoms with Crippen molar-refractivity contribution in [2.24, 2.45) is 0 Å². The van der Waals surface area contributed by atoms with Crippen LogP contribution in [0.25, 0.3) is 0 Å². The standard InChI is InChI=1S/C17H18FN3O/c18-14-6-2-1-5-13(14)17(22)20-12-7-8-16(15(19)11-12)21-9-3-4-10-21/h1-2,5-8,11H,3-4,9-10,19H2,(H,20,22). The van der Waals surface area contributed by atoms with Crippen LogP contribution >= 0.6 is 0 Å². The van der Waals surface area contributed by atoms with Crippen molar-refractivity contribution in [2.45, 2.75) is 12.8 Å². The van der Waals surface area contributed by atoms with E-state index in [9.17, 15) is 9.18 Å². The molecule has 0 bridgehead atoms. The SMILES string of the molecule is Nc1cc(NC(=O)c2ccccc2F)ccc1N1CCCC1. The second-order valence-corrected chi connectivity index (χ2v) is 5.40. The van der Waals surface area contributed by atoms with Gasteiger partial charge in [-0.3, -0.25) is 4.79 Å². The van der Waals surface area contributed by atoms with Crippen molar-refractivity contribution >= 4 is 23.0 Å². The number of nitrogens with two attached hydrogens (primary N) is 1. The van der Waals surface area contributed by atoms with Crippen LogP contribution < -0.4 is 16.0 Å². The largest absolute Gasteiger partial charge is 0.397 e. The van der Waals surface area contributed by atoms with Gasteiger partial charge in [-0.25, -0.2) is 4.39 Å². The fourth-order valence-electron chi connectivity index (χ4n) is 2.72. The maximum atomic E-state index is 13.6. The Morgan fingerprint density at radius 3 is 2.55 bits per heavy atom. The molecule has 3 rings (SSSR count). The number of rotatable bonds is 3. The fourth-order valence-corrected chi connectivity index (χ4v) is 2.72. The Kier molecular flexibility index (Phi) is 3.96. The molecule has 1 amide bonds. The molecule has 1 aliphatic rings. The maximum absolute atomic E-state index is 13.6. The molecule has 0 saturated carbocycles. The summed E-state index contributed by atoms with van der Waals surface area (Å²) >= 11 is 0. The molecular weight excluding hydrogens is 281 g/mol. The molecule has 0 aliphatic carbocycles. The Morgan fingerprint density at radius 2 is 1.86 bits per heavy atom. The van der Waals surface area contributed by atoms with Crippen molar-refractivity contribution in [3.05, 3.63) is 53.8 Å². The van der Waals surface area contributed by atoms with Gasteiger partial charge in [0.15, 0.2) is 0 Å².